The first-order valence-corrected chi connectivity index (χ1v) is 5.55. The predicted molar refractivity (Wildman–Crippen MR) is 69.2 cm³/mol. The number of carbonyl (C=O) groups excluding carboxylic acids is 1. The lowest BCUT2D eigenvalue weighted by molar-refractivity contribution is 0.101. The molecule has 6 heteroatoms. The molecule has 0 spiro atoms. The largest absolute Gasteiger partial charge is 0.398 e. The maximum atomic E-state index is 11.2. The van der Waals surface area contributed by atoms with Gasteiger partial charge >= 0.3 is 0 Å². The van der Waals surface area contributed by atoms with Gasteiger partial charge in [0.1, 0.15) is 6.33 Å². The number of nitrogens with zero attached hydrogens (tertiary/aromatic N) is 3. The molecule has 0 aliphatic carbocycles. The fraction of sp³-hybridized carbons (Fsp3) is 0.250. The van der Waals surface area contributed by atoms with Crippen molar-refractivity contribution in [3.63, 3.8) is 0 Å². The Morgan fingerprint density at radius 1 is 1.50 bits per heavy atom. The smallest absolute Gasteiger partial charge is 0.161 e. The van der Waals surface area contributed by atoms with Crippen LogP contribution >= 0.6 is 0 Å². The van der Waals surface area contributed by atoms with Crippen molar-refractivity contribution in [1.29, 1.82) is 0 Å². The number of aryl methyl sites for hydroxylation is 1. The first-order chi connectivity index (χ1) is 8.58. The van der Waals surface area contributed by atoms with Gasteiger partial charge in [-0.3, -0.25) is 4.79 Å². The molecule has 0 unspecified atom stereocenters. The number of nitrogens with two attached hydrogens (primary N) is 1. The summed E-state index contributed by atoms with van der Waals surface area (Å²) in [6.45, 7) is 2.05. The van der Waals surface area contributed by atoms with Crippen LogP contribution < -0.4 is 11.1 Å². The summed E-state index contributed by atoms with van der Waals surface area (Å²) < 4.78 is 1.83. The minimum atomic E-state index is -0.0349. The Balaban J connectivity index is 2.09. The molecule has 0 aliphatic heterocycles. The zero-order chi connectivity index (χ0) is 13.1. The summed E-state index contributed by atoms with van der Waals surface area (Å²) in [5.74, 6) is 0.788. The van der Waals surface area contributed by atoms with E-state index in [-0.39, 0.29) is 5.78 Å². The first-order valence-electron chi connectivity index (χ1n) is 5.55. The highest BCUT2D eigenvalue weighted by Crippen LogP contribution is 2.18. The lowest BCUT2D eigenvalue weighted by Crippen LogP contribution is -2.07. The first kappa shape index (κ1) is 12.1. The van der Waals surface area contributed by atoms with Crippen LogP contribution in [0.5, 0.6) is 0 Å². The van der Waals surface area contributed by atoms with E-state index in [1.807, 2.05) is 17.7 Å². The maximum Gasteiger partial charge on any atom is 0.161 e. The third kappa shape index (κ3) is 2.48. The van der Waals surface area contributed by atoms with Crippen molar-refractivity contribution in [2.24, 2.45) is 7.05 Å². The van der Waals surface area contributed by atoms with Gasteiger partial charge in [0.15, 0.2) is 11.6 Å². The van der Waals surface area contributed by atoms with Crippen molar-refractivity contribution >= 4 is 17.2 Å². The van der Waals surface area contributed by atoms with Crippen LogP contribution in [0.15, 0.2) is 24.5 Å². The monoisotopic (exact) mass is 245 g/mol. The van der Waals surface area contributed by atoms with Gasteiger partial charge in [0.25, 0.3) is 0 Å². The molecule has 0 fully saturated rings. The van der Waals surface area contributed by atoms with E-state index in [9.17, 15) is 4.79 Å². The van der Waals surface area contributed by atoms with Gasteiger partial charge in [0.2, 0.25) is 0 Å². The summed E-state index contributed by atoms with van der Waals surface area (Å²) >= 11 is 0. The third-order valence-electron chi connectivity index (χ3n) is 2.69. The standard InChI is InChI=1S/C12H15N5O/c1-8(18)10-4-3-9(5-11(10)13)14-6-12-16-15-7-17(12)2/h3-5,7,14H,6,13H2,1-2H3. The molecule has 94 valence electrons. The van der Waals surface area contributed by atoms with Crippen molar-refractivity contribution in [1.82, 2.24) is 14.8 Å². The summed E-state index contributed by atoms with van der Waals surface area (Å²) in [5, 5.41) is 10.9. The second-order valence-electron chi connectivity index (χ2n) is 4.07. The normalized spacial score (nSPS) is 10.3. The summed E-state index contributed by atoms with van der Waals surface area (Å²) in [4.78, 5) is 11.2. The van der Waals surface area contributed by atoms with Crippen molar-refractivity contribution < 1.29 is 4.79 Å². The zero-order valence-electron chi connectivity index (χ0n) is 10.3. The van der Waals surface area contributed by atoms with Gasteiger partial charge in [0, 0.05) is 24.0 Å². The van der Waals surface area contributed by atoms with Gasteiger partial charge < -0.3 is 15.6 Å². The van der Waals surface area contributed by atoms with E-state index >= 15 is 0 Å². The number of Topliss-reactive ketones (excluding diaryl/α,β-unsaturated/α-hetero) is 1. The summed E-state index contributed by atoms with van der Waals surface area (Å²) in [7, 11) is 1.88. The number of nitrogen functional groups attached to an aromatic ring is 1. The number of aromatic nitrogens is 3. The Morgan fingerprint density at radius 2 is 2.28 bits per heavy atom. The molecule has 3 N–H and O–H groups in total. The number of carbonyl (C=O) groups is 1. The molecular weight excluding hydrogens is 230 g/mol. The molecule has 1 aromatic carbocycles. The molecule has 6 nitrogen and oxygen atoms in total. The summed E-state index contributed by atoms with van der Waals surface area (Å²) in [6, 6.07) is 5.28. The average Bonchev–Trinajstić information content (AvgIpc) is 2.72. The molecule has 18 heavy (non-hydrogen) atoms. The van der Waals surface area contributed by atoms with Gasteiger partial charge in [-0.1, -0.05) is 0 Å². The van der Waals surface area contributed by atoms with Crippen LogP contribution in [-0.4, -0.2) is 20.5 Å². The molecule has 0 saturated heterocycles. The second kappa shape index (κ2) is 4.87. The molecule has 0 bridgehead atoms. The third-order valence-corrected chi connectivity index (χ3v) is 2.69. The molecule has 2 aromatic rings. The van der Waals surface area contributed by atoms with Gasteiger partial charge in [-0.25, -0.2) is 0 Å². The Kier molecular flexibility index (Phi) is 3.27. The van der Waals surface area contributed by atoms with Crippen LogP contribution in [0.1, 0.15) is 23.1 Å². The fourth-order valence-corrected chi connectivity index (χ4v) is 1.64. The Labute approximate surface area is 105 Å². The van der Waals surface area contributed by atoms with Gasteiger partial charge in [-0.2, -0.15) is 0 Å². The van der Waals surface area contributed by atoms with Crippen LogP contribution in [0.25, 0.3) is 0 Å². The van der Waals surface area contributed by atoms with E-state index in [1.54, 1.807) is 18.5 Å². The molecule has 0 saturated carbocycles. The minimum Gasteiger partial charge on any atom is -0.398 e. The predicted octanol–water partition coefficient (Wildman–Crippen LogP) is 1.21. The SMILES string of the molecule is CC(=O)c1ccc(NCc2nncn2C)cc1N. The fourth-order valence-electron chi connectivity index (χ4n) is 1.64. The minimum absolute atomic E-state index is 0.0349. The topological polar surface area (TPSA) is 85.8 Å². The van der Waals surface area contributed by atoms with Crippen LogP contribution in [0.4, 0.5) is 11.4 Å². The molecule has 0 amide bonds. The molecule has 0 radical (unpaired) electrons. The summed E-state index contributed by atoms with van der Waals surface area (Å²) in [5.41, 5.74) is 7.67. The number of hydrogen-bond donors (Lipinski definition) is 2. The highest BCUT2D eigenvalue weighted by Gasteiger charge is 2.06. The van der Waals surface area contributed by atoms with Crippen LogP contribution in [0.3, 0.4) is 0 Å². The van der Waals surface area contributed by atoms with Crippen molar-refractivity contribution in [2.45, 2.75) is 13.5 Å². The van der Waals surface area contributed by atoms with Crippen molar-refractivity contribution in [3.8, 4) is 0 Å². The van der Waals surface area contributed by atoms with Crippen molar-refractivity contribution in [3.05, 3.63) is 35.9 Å². The molecular formula is C12H15N5O. The van der Waals surface area contributed by atoms with E-state index < -0.39 is 0 Å². The molecule has 2 rings (SSSR count). The van der Waals surface area contributed by atoms with Crippen LogP contribution in [0.2, 0.25) is 0 Å². The van der Waals surface area contributed by atoms with Crippen LogP contribution in [0, 0.1) is 0 Å². The number of nitrogens with one attached hydrogen (secondary N) is 1. The Morgan fingerprint density at radius 3 is 2.83 bits per heavy atom. The lowest BCUT2D eigenvalue weighted by Gasteiger charge is -2.08. The van der Waals surface area contributed by atoms with E-state index in [0.29, 0.717) is 17.8 Å². The maximum absolute atomic E-state index is 11.2. The van der Waals surface area contributed by atoms with E-state index in [2.05, 4.69) is 15.5 Å². The van der Waals surface area contributed by atoms with E-state index in [0.717, 1.165) is 11.5 Å². The number of benzene rings is 1. The second-order valence-corrected chi connectivity index (χ2v) is 4.07. The molecule has 0 aliphatic rings. The number of rotatable bonds is 4. The van der Waals surface area contributed by atoms with E-state index in [4.69, 9.17) is 5.73 Å². The van der Waals surface area contributed by atoms with Crippen molar-refractivity contribution in [2.75, 3.05) is 11.1 Å². The van der Waals surface area contributed by atoms with Gasteiger partial charge in [0.05, 0.1) is 6.54 Å². The number of ketones is 1. The zero-order valence-corrected chi connectivity index (χ0v) is 10.3. The number of hydrogen-bond acceptors (Lipinski definition) is 5. The molecule has 1 heterocycles. The van der Waals surface area contributed by atoms with Crippen LogP contribution in [-0.2, 0) is 13.6 Å². The molecule has 1 aromatic heterocycles. The van der Waals surface area contributed by atoms with Gasteiger partial charge in [-0.15, -0.1) is 10.2 Å². The van der Waals surface area contributed by atoms with Gasteiger partial charge in [-0.05, 0) is 25.1 Å². The summed E-state index contributed by atoms with van der Waals surface area (Å²) in [6.07, 6.45) is 1.64. The average molecular weight is 245 g/mol. The Hall–Kier alpha value is -2.37. The molecule has 0 atom stereocenters. The lowest BCUT2D eigenvalue weighted by atomic mass is 10.1. The Bertz CT molecular complexity index is 576. The highest BCUT2D eigenvalue weighted by atomic mass is 16.1. The highest BCUT2D eigenvalue weighted by molar-refractivity contribution is 5.99. The number of anilines is 2. The van der Waals surface area contributed by atoms with E-state index in [1.165, 1.54) is 6.92 Å². The quantitative estimate of drug-likeness (QED) is 0.624.